The fourth-order valence-electron chi connectivity index (χ4n) is 4.23. The number of halogens is 1. The van der Waals surface area contributed by atoms with Crippen molar-refractivity contribution < 1.29 is 13.9 Å². The first-order valence-corrected chi connectivity index (χ1v) is 10.6. The van der Waals surface area contributed by atoms with E-state index in [4.69, 9.17) is 10.5 Å². The van der Waals surface area contributed by atoms with Gasteiger partial charge >= 0.3 is 0 Å². The quantitative estimate of drug-likeness (QED) is 0.631. The zero-order chi connectivity index (χ0) is 22.0. The van der Waals surface area contributed by atoms with Gasteiger partial charge in [0.15, 0.2) is 6.61 Å². The van der Waals surface area contributed by atoms with Crippen molar-refractivity contribution in [1.82, 2.24) is 9.80 Å². The summed E-state index contributed by atoms with van der Waals surface area (Å²) < 4.78 is 19.1. The summed E-state index contributed by atoms with van der Waals surface area (Å²) in [4.78, 5) is 17.2. The Labute approximate surface area is 182 Å². The third-order valence-electron chi connectivity index (χ3n) is 6.00. The highest BCUT2D eigenvalue weighted by Gasteiger charge is 2.32. The summed E-state index contributed by atoms with van der Waals surface area (Å²) in [6.45, 7) is 6.29. The van der Waals surface area contributed by atoms with Gasteiger partial charge in [-0.3, -0.25) is 9.69 Å². The van der Waals surface area contributed by atoms with Crippen LogP contribution in [-0.2, 0) is 11.3 Å². The SMILES string of the molecule is C[C@@H]1CN(Cc2ccc(F)cc2)[C@@H](C)CN1C(=O)COc1ccc(N)c2ccccc12. The van der Waals surface area contributed by atoms with Crippen LogP contribution in [0.3, 0.4) is 0 Å². The number of nitrogen functional groups attached to an aromatic ring is 1. The Morgan fingerprint density at radius 3 is 2.45 bits per heavy atom. The van der Waals surface area contributed by atoms with E-state index < -0.39 is 0 Å². The molecule has 2 atom stereocenters. The van der Waals surface area contributed by atoms with Gasteiger partial charge in [-0.2, -0.15) is 0 Å². The first kappa shape index (κ1) is 21.1. The summed E-state index contributed by atoms with van der Waals surface area (Å²) in [6, 6.07) is 18.3. The molecule has 0 aliphatic carbocycles. The molecule has 0 saturated carbocycles. The number of hydrogen-bond donors (Lipinski definition) is 1. The summed E-state index contributed by atoms with van der Waals surface area (Å²) in [5.41, 5.74) is 7.81. The van der Waals surface area contributed by atoms with Crippen molar-refractivity contribution in [3.05, 3.63) is 72.0 Å². The summed E-state index contributed by atoms with van der Waals surface area (Å²) in [6.07, 6.45) is 0. The van der Waals surface area contributed by atoms with Crippen LogP contribution in [0.5, 0.6) is 5.75 Å². The fourth-order valence-corrected chi connectivity index (χ4v) is 4.23. The van der Waals surface area contributed by atoms with Gasteiger partial charge in [0.1, 0.15) is 11.6 Å². The van der Waals surface area contributed by atoms with Gasteiger partial charge in [0.25, 0.3) is 5.91 Å². The Kier molecular flexibility index (Phi) is 6.09. The maximum absolute atomic E-state index is 13.2. The van der Waals surface area contributed by atoms with Crippen molar-refractivity contribution in [1.29, 1.82) is 0 Å². The Bertz CT molecular complexity index is 1070. The van der Waals surface area contributed by atoms with E-state index in [0.717, 1.165) is 29.4 Å². The van der Waals surface area contributed by atoms with Crippen molar-refractivity contribution in [2.24, 2.45) is 0 Å². The lowest BCUT2D eigenvalue weighted by Crippen LogP contribution is -2.58. The molecule has 1 heterocycles. The lowest BCUT2D eigenvalue weighted by atomic mass is 10.1. The van der Waals surface area contributed by atoms with E-state index in [1.165, 1.54) is 12.1 Å². The van der Waals surface area contributed by atoms with E-state index in [0.29, 0.717) is 18.0 Å². The average Bonchev–Trinajstić information content (AvgIpc) is 2.77. The molecular formula is C25H28FN3O2. The van der Waals surface area contributed by atoms with Crippen molar-refractivity contribution in [3.63, 3.8) is 0 Å². The van der Waals surface area contributed by atoms with Crippen molar-refractivity contribution in [2.75, 3.05) is 25.4 Å². The van der Waals surface area contributed by atoms with Crippen LogP contribution in [0.2, 0.25) is 0 Å². The maximum Gasteiger partial charge on any atom is 0.260 e. The Hall–Kier alpha value is -3.12. The van der Waals surface area contributed by atoms with Gasteiger partial charge in [-0.05, 0) is 43.7 Å². The monoisotopic (exact) mass is 421 g/mol. The highest BCUT2D eigenvalue weighted by atomic mass is 19.1. The van der Waals surface area contributed by atoms with Crippen LogP contribution in [0, 0.1) is 5.82 Å². The summed E-state index contributed by atoms with van der Waals surface area (Å²) in [5, 5.41) is 1.82. The number of benzene rings is 3. The number of carbonyl (C=O) groups excluding carboxylic acids is 1. The van der Waals surface area contributed by atoms with Gasteiger partial charge in [0.05, 0.1) is 0 Å². The van der Waals surface area contributed by atoms with Crippen LogP contribution in [-0.4, -0.2) is 47.5 Å². The first-order chi connectivity index (χ1) is 14.9. The van der Waals surface area contributed by atoms with E-state index in [2.05, 4.69) is 18.7 Å². The molecule has 1 aliphatic rings. The summed E-state index contributed by atoms with van der Waals surface area (Å²) >= 11 is 0. The van der Waals surface area contributed by atoms with E-state index in [-0.39, 0.29) is 30.4 Å². The minimum absolute atomic E-state index is 0.0110. The molecule has 1 amide bonds. The maximum atomic E-state index is 13.2. The second-order valence-corrected chi connectivity index (χ2v) is 8.29. The number of carbonyl (C=O) groups is 1. The molecule has 1 saturated heterocycles. The predicted octanol–water partition coefficient (Wildman–Crippen LogP) is 4.06. The van der Waals surface area contributed by atoms with Crippen LogP contribution >= 0.6 is 0 Å². The number of anilines is 1. The minimum atomic E-state index is -0.227. The predicted molar refractivity (Wildman–Crippen MR) is 121 cm³/mol. The van der Waals surface area contributed by atoms with Crippen LogP contribution in [0.1, 0.15) is 19.4 Å². The average molecular weight is 422 g/mol. The number of ether oxygens (including phenoxy) is 1. The number of piperazine rings is 1. The number of rotatable bonds is 5. The van der Waals surface area contributed by atoms with E-state index in [1.807, 2.05) is 47.4 Å². The number of nitrogens with two attached hydrogens (primary N) is 1. The van der Waals surface area contributed by atoms with Gasteiger partial charge in [-0.25, -0.2) is 4.39 Å². The zero-order valence-corrected chi connectivity index (χ0v) is 17.9. The molecular weight excluding hydrogens is 393 g/mol. The smallest absolute Gasteiger partial charge is 0.260 e. The largest absolute Gasteiger partial charge is 0.483 e. The standard InChI is InChI=1S/C25H28FN3O2/c1-17-14-29(18(2)13-28(17)15-19-7-9-20(26)10-8-19)25(30)16-31-24-12-11-23(27)21-5-3-4-6-22(21)24/h3-12,17-18H,13-16,27H2,1-2H3/t17-,18+/m0/s1. The van der Waals surface area contributed by atoms with Gasteiger partial charge < -0.3 is 15.4 Å². The number of hydrogen-bond acceptors (Lipinski definition) is 4. The molecule has 3 aromatic rings. The highest BCUT2D eigenvalue weighted by Crippen LogP contribution is 2.30. The third-order valence-corrected chi connectivity index (χ3v) is 6.00. The molecule has 6 heteroatoms. The molecule has 1 aliphatic heterocycles. The Morgan fingerprint density at radius 1 is 1.00 bits per heavy atom. The Morgan fingerprint density at radius 2 is 1.71 bits per heavy atom. The summed E-state index contributed by atoms with van der Waals surface area (Å²) in [5.74, 6) is 0.407. The Balaban J connectivity index is 1.39. The van der Waals surface area contributed by atoms with E-state index >= 15 is 0 Å². The number of amides is 1. The van der Waals surface area contributed by atoms with Gasteiger partial charge in [0.2, 0.25) is 0 Å². The molecule has 5 nitrogen and oxygen atoms in total. The van der Waals surface area contributed by atoms with Gasteiger partial charge in [0, 0.05) is 48.2 Å². The van der Waals surface area contributed by atoms with Gasteiger partial charge in [-0.1, -0.05) is 36.4 Å². The molecule has 3 aromatic carbocycles. The first-order valence-electron chi connectivity index (χ1n) is 10.6. The second-order valence-electron chi connectivity index (χ2n) is 8.29. The molecule has 1 fully saturated rings. The summed E-state index contributed by atoms with van der Waals surface area (Å²) in [7, 11) is 0. The molecule has 0 unspecified atom stereocenters. The molecule has 4 rings (SSSR count). The van der Waals surface area contributed by atoms with Crippen LogP contribution in [0.15, 0.2) is 60.7 Å². The lowest BCUT2D eigenvalue weighted by Gasteiger charge is -2.44. The molecule has 0 aromatic heterocycles. The molecule has 0 radical (unpaired) electrons. The molecule has 162 valence electrons. The van der Waals surface area contributed by atoms with Gasteiger partial charge in [-0.15, -0.1) is 0 Å². The van der Waals surface area contributed by atoms with Crippen molar-refractivity contribution in [2.45, 2.75) is 32.5 Å². The third kappa shape index (κ3) is 4.64. The zero-order valence-electron chi connectivity index (χ0n) is 17.9. The second kappa shape index (κ2) is 8.94. The van der Waals surface area contributed by atoms with Crippen molar-refractivity contribution >= 4 is 22.4 Å². The lowest BCUT2D eigenvalue weighted by molar-refractivity contribution is -0.139. The van der Waals surface area contributed by atoms with Crippen LogP contribution < -0.4 is 10.5 Å². The fraction of sp³-hybridized carbons (Fsp3) is 0.320. The van der Waals surface area contributed by atoms with E-state index in [1.54, 1.807) is 6.07 Å². The minimum Gasteiger partial charge on any atom is -0.483 e. The van der Waals surface area contributed by atoms with E-state index in [9.17, 15) is 9.18 Å². The molecule has 2 N–H and O–H groups in total. The topological polar surface area (TPSA) is 58.8 Å². The number of fused-ring (bicyclic) bond motifs is 1. The van der Waals surface area contributed by atoms with Crippen LogP contribution in [0.4, 0.5) is 10.1 Å². The highest BCUT2D eigenvalue weighted by molar-refractivity contribution is 5.97. The van der Waals surface area contributed by atoms with Crippen molar-refractivity contribution in [3.8, 4) is 5.75 Å². The van der Waals surface area contributed by atoms with Crippen LogP contribution in [0.25, 0.3) is 10.8 Å². The normalized spacial score (nSPS) is 19.5. The molecule has 0 spiro atoms. The molecule has 0 bridgehead atoms. The number of nitrogens with zero attached hydrogens (tertiary/aromatic N) is 2. The molecule has 31 heavy (non-hydrogen) atoms.